The molecular formula is C18H26N2O3. The van der Waals surface area contributed by atoms with Crippen LogP contribution in [-0.2, 0) is 7.05 Å². The first-order valence-electron chi connectivity index (χ1n) is 8.30. The van der Waals surface area contributed by atoms with Crippen molar-refractivity contribution in [1.29, 1.82) is 0 Å². The van der Waals surface area contributed by atoms with Crippen LogP contribution in [0.1, 0.15) is 45.4 Å². The molecule has 0 spiro atoms. The van der Waals surface area contributed by atoms with E-state index in [1.165, 1.54) is 30.3 Å². The molecule has 0 aliphatic carbocycles. The van der Waals surface area contributed by atoms with Gasteiger partial charge in [-0.05, 0) is 18.6 Å². The Labute approximate surface area is 136 Å². The van der Waals surface area contributed by atoms with E-state index < -0.39 is 0 Å². The molecule has 5 nitrogen and oxygen atoms in total. The fourth-order valence-corrected chi connectivity index (χ4v) is 2.79. The van der Waals surface area contributed by atoms with Gasteiger partial charge in [0.15, 0.2) is 5.75 Å². The van der Waals surface area contributed by atoms with E-state index in [0.717, 1.165) is 12.8 Å². The maximum absolute atomic E-state index is 12.4. The van der Waals surface area contributed by atoms with Gasteiger partial charge in [0, 0.05) is 12.4 Å². The molecule has 1 heterocycles. The van der Waals surface area contributed by atoms with E-state index in [9.17, 15) is 9.90 Å². The van der Waals surface area contributed by atoms with Crippen molar-refractivity contribution < 1.29 is 9.84 Å². The van der Waals surface area contributed by atoms with Gasteiger partial charge in [0.05, 0.1) is 17.8 Å². The maximum atomic E-state index is 12.4. The zero-order chi connectivity index (χ0) is 16.8. The predicted molar refractivity (Wildman–Crippen MR) is 94.1 cm³/mol. The van der Waals surface area contributed by atoms with Crippen molar-refractivity contribution >= 4 is 16.6 Å². The molecule has 1 aromatic carbocycles. The number of benzene rings is 1. The average molecular weight is 318 g/mol. The van der Waals surface area contributed by atoms with Crippen LogP contribution in [0.2, 0.25) is 0 Å². The van der Waals surface area contributed by atoms with Gasteiger partial charge >= 0.3 is 0 Å². The number of para-hydroxylation sites is 1. The molecule has 1 aromatic heterocycles. The number of fused-ring (bicyclic) bond motifs is 1. The molecule has 126 valence electrons. The summed E-state index contributed by atoms with van der Waals surface area (Å²) in [4.78, 5) is 12.4. The fourth-order valence-electron chi connectivity index (χ4n) is 2.79. The van der Waals surface area contributed by atoms with Gasteiger partial charge in [-0.15, -0.1) is 0 Å². The van der Waals surface area contributed by atoms with Crippen LogP contribution in [0, 0.1) is 0 Å². The van der Waals surface area contributed by atoms with E-state index in [2.05, 4.69) is 6.92 Å². The van der Waals surface area contributed by atoms with Gasteiger partial charge in [-0.25, -0.2) is 0 Å². The highest BCUT2D eigenvalue weighted by molar-refractivity contribution is 5.95. The molecule has 0 atom stereocenters. The minimum absolute atomic E-state index is 0.0131. The van der Waals surface area contributed by atoms with Crippen molar-refractivity contribution in [1.82, 2.24) is 4.57 Å². The van der Waals surface area contributed by atoms with E-state index in [1.807, 2.05) is 0 Å². The molecule has 2 aromatic rings. The van der Waals surface area contributed by atoms with Crippen LogP contribution in [0.4, 0.5) is 5.69 Å². The number of unbranched alkanes of at least 4 members (excludes halogenated alkanes) is 5. The van der Waals surface area contributed by atoms with Gasteiger partial charge in [-0.1, -0.05) is 45.1 Å². The highest BCUT2D eigenvalue weighted by Crippen LogP contribution is 2.33. The molecule has 3 N–H and O–H groups in total. The summed E-state index contributed by atoms with van der Waals surface area (Å²) in [5.74, 6) is -0.111. The normalized spacial score (nSPS) is 11.0. The molecule has 0 radical (unpaired) electrons. The molecule has 0 aliphatic heterocycles. The highest BCUT2D eigenvalue weighted by Gasteiger charge is 2.17. The number of aryl methyl sites for hydroxylation is 1. The minimum Gasteiger partial charge on any atom is -0.504 e. The maximum Gasteiger partial charge on any atom is 0.297 e. The average Bonchev–Trinajstić information content (AvgIpc) is 2.54. The number of anilines is 1. The summed E-state index contributed by atoms with van der Waals surface area (Å²) in [6, 6.07) is 5.19. The molecule has 0 saturated heterocycles. The van der Waals surface area contributed by atoms with Crippen LogP contribution in [0.15, 0.2) is 23.0 Å². The number of hydrogen-bond donors (Lipinski definition) is 2. The Kier molecular flexibility index (Phi) is 5.90. The molecule has 2 rings (SSSR count). The van der Waals surface area contributed by atoms with Gasteiger partial charge in [0.2, 0.25) is 5.75 Å². The number of ether oxygens (including phenoxy) is 1. The van der Waals surface area contributed by atoms with Crippen molar-refractivity contribution in [3.05, 3.63) is 28.6 Å². The zero-order valence-corrected chi connectivity index (χ0v) is 14.0. The second kappa shape index (κ2) is 7.90. The second-order valence-corrected chi connectivity index (χ2v) is 5.90. The molecule has 0 saturated carbocycles. The summed E-state index contributed by atoms with van der Waals surface area (Å²) in [5.41, 5.74) is 6.54. The van der Waals surface area contributed by atoms with Crippen LogP contribution in [0.5, 0.6) is 11.5 Å². The van der Waals surface area contributed by atoms with Crippen LogP contribution in [0.3, 0.4) is 0 Å². The Morgan fingerprint density at radius 2 is 1.87 bits per heavy atom. The van der Waals surface area contributed by atoms with E-state index >= 15 is 0 Å². The summed E-state index contributed by atoms with van der Waals surface area (Å²) >= 11 is 0. The largest absolute Gasteiger partial charge is 0.504 e. The zero-order valence-electron chi connectivity index (χ0n) is 14.0. The van der Waals surface area contributed by atoms with E-state index in [0.29, 0.717) is 23.2 Å². The SMILES string of the molecule is CCCCCCCCOc1c(O)c2cccc(N)c2n(C)c1=O. The lowest BCUT2D eigenvalue weighted by atomic mass is 10.1. The molecule has 0 amide bonds. The third-order valence-corrected chi connectivity index (χ3v) is 4.12. The van der Waals surface area contributed by atoms with E-state index in [1.54, 1.807) is 25.2 Å². The highest BCUT2D eigenvalue weighted by atomic mass is 16.5. The van der Waals surface area contributed by atoms with Crippen molar-refractivity contribution in [2.24, 2.45) is 7.05 Å². The molecule has 5 heteroatoms. The Hall–Kier alpha value is -2.17. The molecular weight excluding hydrogens is 292 g/mol. The smallest absolute Gasteiger partial charge is 0.297 e. The Balaban J connectivity index is 2.11. The third kappa shape index (κ3) is 3.78. The van der Waals surface area contributed by atoms with Crippen LogP contribution >= 0.6 is 0 Å². The number of nitrogen functional groups attached to an aromatic ring is 1. The minimum atomic E-state index is -0.362. The van der Waals surface area contributed by atoms with Crippen LogP contribution < -0.4 is 16.0 Å². The van der Waals surface area contributed by atoms with Gasteiger partial charge < -0.3 is 20.1 Å². The molecule has 0 fully saturated rings. The van der Waals surface area contributed by atoms with Gasteiger partial charge in [-0.3, -0.25) is 4.79 Å². The first-order chi connectivity index (χ1) is 11.1. The Morgan fingerprint density at radius 3 is 2.61 bits per heavy atom. The second-order valence-electron chi connectivity index (χ2n) is 5.90. The van der Waals surface area contributed by atoms with Crippen molar-refractivity contribution in [2.45, 2.75) is 45.4 Å². The standard InChI is InChI=1S/C18H26N2O3/c1-3-4-5-6-7-8-12-23-17-16(21)13-10-9-11-14(19)15(13)20(2)18(17)22/h9-11,21H,3-8,12,19H2,1-2H3. The number of pyridine rings is 1. The first kappa shape index (κ1) is 17.2. The number of hydrogen-bond acceptors (Lipinski definition) is 4. The summed E-state index contributed by atoms with van der Waals surface area (Å²) < 4.78 is 7.01. The number of aromatic nitrogens is 1. The Morgan fingerprint density at radius 1 is 1.17 bits per heavy atom. The fraction of sp³-hybridized carbons (Fsp3) is 0.500. The number of rotatable bonds is 8. The number of aromatic hydroxyl groups is 1. The van der Waals surface area contributed by atoms with Crippen LogP contribution in [-0.4, -0.2) is 16.3 Å². The van der Waals surface area contributed by atoms with Crippen molar-refractivity contribution in [2.75, 3.05) is 12.3 Å². The van der Waals surface area contributed by atoms with Gasteiger partial charge in [0.25, 0.3) is 5.56 Å². The predicted octanol–water partition coefficient (Wildman–Crippen LogP) is 3.57. The van der Waals surface area contributed by atoms with Crippen molar-refractivity contribution in [3.8, 4) is 11.5 Å². The number of nitrogens with two attached hydrogens (primary N) is 1. The van der Waals surface area contributed by atoms with E-state index in [4.69, 9.17) is 10.5 Å². The molecule has 23 heavy (non-hydrogen) atoms. The Bertz CT molecular complexity index is 722. The summed E-state index contributed by atoms with van der Waals surface area (Å²) in [7, 11) is 1.64. The van der Waals surface area contributed by atoms with Crippen molar-refractivity contribution in [3.63, 3.8) is 0 Å². The first-order valence-corrected chi connectivity index (χ1v) is 8.30. The lowest BCUT2D eigenvalue weighted by molar-refractivity contribution is 0.284. The molecule has 0 bridgehead atoms. The lowest BCUT2D eigenvalue weighted by Gasteiger charge is -2.14. The number of nitrogens with zero attached hydrogens (tertiary/aromatic N) is 1. The summed E-state index contributed by atoms with van der Waals surface area (Å²) in [6.07, 6.45) is 6.84. The van der Waals surface area contributed by atoms with Gasteiger partial charge in [-0.2, -0.15) is 0 Å². The molecule has 0 unspecified atom stereocenters. The van der Waals surface area contributed by atoms with E-state index in [-0.39, 0.29) is 17.1 Å². The molecule has 0 aliphatic rings. The topological polar surface area (TPSA) is 77.5 Å². The van der Waals surface area contributed by atoms with Gasteiger partial charge in [0.1, 0.15) is 0 Å². The monoisotopic (exact) mass is 318 g/mol. The quantitative estimate of drug-likeness (QED) is 0.576. The summed E-state index contributed by atoms with van der Waals surface area (Å²) in [5, 5.41) is 10.9. The summed E-state index contributed by atoms with van der Waals surface area (Å²) in [6.45, 7) is 2.62. The lowest BCUT2D eigenvalue weighted by Crippen LogP contribution is -2.21. The third-order valence-electron chi connectivity index (χ3n) is 4.12. The van der Waals surface area contributed by atoms with Crippen LogP contribution in [0.25, 0.3) is 10.9 Å².